The zero-order valence-corrected chi connectivity index (χ0v) is 15.0. The summed E-state index contributed by atoms with van der Waals surface area (Å²) >= 11 is 0. The van der Waals surface area contributed by atoms with Crippen LogP contribution in [0.1, 0.15) is 0 Å². The molecule has 0 bridgehead atoms. The number of aromatic nitrogens is 4. The Balaban J connectivity index is 1.83. The van der Waals surface area contributed by atoms with Crippen LogP contribution in [-0.4, -0.2) is 51.5 Å². The number of nitrogens with zero attached hydrogens (tertiary/aromatic N) is 5. The van der Waals surface area contributed by atoms with Gasteiger partial charge in [-0.15, -0.1) is 11.7 Å². The van der Waals surface area contributed by atoms with Gasteiger partial charge in [0.1, 0.15) is 17.1 Å². The first-order valence-electron chi connectivity index (χ1n) is 8.40. The highest BCUT2D eigenvalue weighted by molar-refractivity contribution is 5.86. The average Bonchev–Trinajstić information content (AvgIpc) is 3.31. The molecule has 27 heavy (non-hydrogen) atoms. The van der Waals surface area contributed by atoms with Crippen molar-refractivity contribution in [1.29, 1.82) is 0 Å². The van der Waals surface area contributed by atoms with E-state index in [0.717, 1.165) is 5.39 Å². The molecule has 0 aromatic carbocycles. The number of pyridine rings is 1. The van der Waals surface area contributed by atoms with Gasteiger partial charge < -0.3 is 19.2 Å². The number of hydrogen-bond donors (Lipinski definition) is 1. The predicted molar refractivity (Wildman–Crippen MR) is 102 cm³/mol. The van der Waals surface area contributed by atoms with E-state index in [0.29, 0.717) is 34.4 Å². The number of aliphatic hydroxyl groups excluding tert-OH is 1. The zero-order chi connectivity index (χ0) is 19.0. The Bertz CT molecular complexity index is 1120. The minimum Gasteiger partial charge on any atom is -0.480 e. The molecule has 4 aromatic heterocycles. The molecule has 0 aliphatic carbocycles. The number of likely N-dealkylation sites (N-methyl/N-ethyl adjacent to an activating group) is 1. The molecule has 1 N–H and O–H groups in total. The van der Waals surface area contributed by atoms with Gasteiger partial charge in [0.15, 0.2) is 11.4 Å². The van der Waals surface area contributed by atoms with Crippen molar-refractivity contribution in [3.05, 3.63) is 49.3 Å². The second-order valence-electron chi connectivity index (χ2n) is 6.04. The Morgan fingerprint density at radius 2 is 2.22 bits per heavy atom. The van der Waals surface area contributed by atoms with Crippen molar-refractivity contribution in [3.63, 3.8) is 0 Å². The Morgan fingerprint density at radius 1 is 1.37 bits per heavy atom. The summed E-state index contributed by atoms with van der Waals surface area (Å²) in [4.78, 5) is 10.4. The summed E-state index contributed by atoms with van der Waals surface area (Å²) in [5.74, 6) is 1.79. The zero-order valence-electron chi connectivity index (χ0n) is 15.0. The fraction of sp³-hybridized carbons (Fsp3) is 0.211. The largest absolute Gasteiger partial charge is 0.480 e. The molecule has 0 aliphatic rings. The lowest BCUT2D eigenvalue weighted by molar-refractivity contribution is 0.280. The summed E-state index contributed by atoms with van der Waals surface area (Å²) in [7, 11) is 3.43. The molecular weight excluding hydrogens is 346 g/mol. The Labute approximate surface area is 155 Å². The minimum absolute atomic E-state index is 0.0487. The van der Waals surface area contributed by atoms with Gasteiger partial charge in [0.2, 0.25) is 5.88 Å². The van der Waals surface area contributed by atoms with Gasteiger partial charge in [-0.3, -0.25) is 0 Å². The van der Waals surface area contributed by atoms with Gasteiger partial charge in [0.05, 0.1) is 31.3 Å². The van der Waals surface area contributed by atoms with Crippen LogP contribution in [0.5, 0.6) is 5.88 Å². The summed E-state index contributed by atoms with van der Waals surface area (Å²) in [6.07, 6.45) is 5.03. The van der Waals surface area contributed by atoms with Crippen molar-refractivity contribution in [3.8, 4) is 17.3 Å². The first kappa shape index (κ1) is 17.0. The van der Waals surface area contributed by atoms with Gasteiger partial charge in [-0.05, 0) is 18.2 Å². The van der Waals surface area contributed by atoms with Crippen LogP contribution >= 0.6 is 0 Å². The first-order valence-corrected chi connectivity index (χ1v) is 8.40. The highest BCUT2D eigenvalue weighted by Crippen LogP contribution is 2.32. The number of rotatable bonds is 6. The monoisotopic (exact) mass is 365 g/mol. The van der Waals surface area contributed by atoms with Gasteiger partial charge in [0.25, 0.3) is 0 Å². The fourth-order valence-electron chi connectivity index (χ4n) is 2.97. The smallest absolute Gasteiger partial charge is 0.224 e. The standard InChI is InChI=1S/C19H19N5O3/c1-4-12(11-25)23(2)18-6-5-17-21-10-14(24(17)22-18)16-9-13-15(27-16)7-8-20-19(13)26-3/h4-10,12,25H,1,11H2,2-3H3. The molecule has 138 valence electrons. The summed E-state index contributed by atoms with van der Waals surface area (Å²) < 4.78 is 13.0. The van der Waals surface area contributed by atoms with Crippen molar-refractivity contribution in [2.45, 2.75) is 6.04 Å². The average molecular weight is 365 g/mol. The number of hydrogen-bond acceptors (Lipinski definition) is 7. The van der Waals surface area contributed by atoms with E-state index < -0.39 is 0 Å². The normalized spacial score (nSPS) is 12.4. The van der Waals surface area contributed by atoms with Crippen molar-refractivity contribution < 1.29 is 14.3 Å². The molecule has 0 fully saturated rings. The maximum absolute atomic E-state index is 9.50. The van der Waals surface area contributed by atoms with E-state index in [2.05, 4.69) is 21.6 Å². The van der Waals surface area contributed by atoms with E-state index in [9.17, 15) is 5.11 Å². The van der Waals surface area contributed by atoms with Crippen LogP contribution in [0, 0.1) is 0 Å². The lowest BCUT2D eigenvalue weighted by Gasteiger charge is -2.24. The van der Waals surface area contributed by atoms with Gasteiger partial charge in [-0.1, -0.05) is 6.08 Å². The van der Waals surface area contributed by atoms with Crippen molar-refractivity contribution in [2.75, 3.05) is 25.7 Å². The molecule has 0 radical (unpaired) electrons. The molecule has 0 aliphatic heterocycles. The Kier molecular flexibility index (Phi) is 4.25. The van der Waals surface area contributed by atoms with E-state index in [-0.39, 0.29) is 12.6 Å². The highest BCUT2D eigenvalue weighted by atomic mass is 16.5. The number of methoxy groups -OCH3 is 1. The van der Waals surface area contributed by atoms with E-state index in [1.807, 2.05) is 30.1 Å². The van der Waals surface area contributed by atoms with Crippen molar-refractivity contribution in [1.82, 2.24) is 19.6 Å². The molecule has 0 saturated heterocycles. The fourth-order valence-corrected chi connectivity index (χ4v) is 2.97. The molecule has 8 nitrogen and oxygen atoms in total. The minimum atomic E-state index is -0.233. The van der Waals surface area contributed by atoms with Crippen LogP contribution in [0.25, 0.3) is 28.1 Å². The van der Waals surface area contributed by atoms with Crippen molar-refractivity contribution >= 4 is 22.4 Å². The number of imidazole rings is 1. The van der Waals surface area contributed by atoms with Crippen LogP contribution in [-0.2, 0) is 0 Å². The number of furan rings is 1. The number of ether oxygens (including phenoxy) is 1. The van der Waals surface area contributed by atoms with Crippen LogP contribution in [0.3, 0.4) is 0 Å². The Morgan fingerprint density at radius 3 is 2.96 bits per heavy atom. The number of fused-ring (bicyclic) bond motifs is 2. The highest BCUT2D eigenvalue weighted by Gasteiger charge is 2.17. The molecule has 4 aromatic rings. The number of anilines is 1. The maximum Gasteiger partial charge on any atom is 0.224 e. The summed E-state index contributed by atoms with van der Waals surface area (Å²) in [6, 6.07) is 7.13. The van der Waals surface area contributed by atoms with Crippen LogP contribution in [0.2, 0.25) is 0 Å². The Hall–Kier alpha value is -3.39. The van der Waals surface area contributed by atoms with E-state index in [1.165, 1.54) is 0 Å². The number of aliphatic hydroxyl groups is 1. The molecule has 8 heteroatoms. The molecule has 1 atom stereocenters. The molecule has 4 rings (SSSR count). The third kappa shape index (κ3) is 2.80. The van der Waals surface area contributed by atoms with Crippen molar-refractivity contribution in [2.24, 2.45) is 0 Å². The second kappa shape index (κ2) is 6.73. The molecular formula is C19H19N5O3. The van der Waals surface area contributed by atoms with Crippen LogP contribution in [0.15, 0.2) is 53.7 Å². The second-order valence-corrected chi connectivity index (χ2v) is 6.04. The lowest BCUT2D eigenvalue weighted by Crippen LogP contribution is -2.33. The maximum atomic E-state index is 9.50. The molecule has 1 unspecified atom stereocenters. The quantitative estimate of drug-likeness (QED) is 0.525. The molecule has 0 spiro atoms. The molecule has 4 heterocycles. The van der Waals surface area contributed by atoms with Gasteiger partial charge in [-0.2, -0.15) is 0 Å². The summed E-state index contributed by atoms with van der Waals surface area (Å²) in [5.41, 5.74) is 2.07. The molecule has 0 amide bonds. The van der Waals surface area contributed by atoms with Gasteiger partial charge in [0, 0.05) is 19.3 Å². The van der Waals surface area contributed by atoms with Crippen LogP contribution < -0.4 is 9.64 Å². The lowest BCUT2D eigenvalue weighted by atomic mass is 10.2. The third-order valence-electron chi connectivity index (χ3n) is 4.52. The predicted octanol–water partition coefficient (Wildman–Crippen LogP) is 2.53. The van der Waals surface area contributed by atoms with Gasteiger partial charge >= 0.3 is 0 Å². The topological polar surface area (TPSA) is 88.9 Å². The van der Waals surface area contributed by atoms with E-state index in [1.54, 1.807) is 36.2 Å². The van der Waals surface area contributed by atoms with Gasteiger partial charge in [-0.25, -0.2) is 14.5 Å². The SMILES string of the molecule is C=CC(CO)N(C)c1ccc2ncc(-c3cc4c(OC)nccc4o3)n2n1. The first-order chi connectivity index (χ1) is 13.2. The summed E-state index contributed by atoms with van der Waals surface area (Å²) in [5, 5.41) is 14.9. The van der Waals surface area contributed by atoms with E-state index in [4.69, 9.17) is 9.15 Å². The third-order valence-corrected chi connectivity index (χ3v) is 4.52. The molecule has 0 saturated carbocycles. The van der Waals surface area contributed by atoms with E-state index >= 15 is 0 Å². The van der Waals surface area contributed by atoms with Crippen LogP contribution in [0.4, 0.5) is 5.82 Å². The summed E-state index contributed by atoms with van der Waals surface area (Å²) in [6.45, 7) is 3.71.